The zero-order valence-corrected chi connectivity index (χ0v) is 73.4. The lowest BCUT2D eigenvalue weighted by atomic mass is 10.0. The maximum Gasteiger partial charge on any atom is 0.254 e. The highest BCUT2D eigenvalue weighted by Crippen LogP contribution is 2.43. The van der Waals surface area contributed by atoms with Crippen LogP contribution in [0.2, 0.25) is 0 Å². The molecule has 134 heavy (non-hydrogen) atoms. The first-order valence-electron chi connectivity index (χ1n) is 43.3. The Morgan fingerprint density at radius 1 is 0.321 bits per heavy atom. The van der Waals surface area contributed by atoms with Crippen LogP contribution in [0.3, 0.4) is 0 Å². The van der Waals surface area contributed by atoms with Crippen molar-refractivity contribution in [2.24, 2.45) is 22.9 Å². The molecule has 0 spiro atoms. The van der Waals surface area contributed by atoms with Crippen LogP contribution in [0.15, 0.2) is 133 Å². The molecule has 4 aromatic heterocycles. The van der Waals surface area contributed by atoms with E-state index in [4.69, 9.17) is 45.9 Å². The van der Waals surface area contributed by atoms with E-state index in [1.54, 1.807) is 70.2 Å². The van der Waals surface area contributed by atoms with Crippen LogP contribution in [0.5, 0.6) is 0 Å². The van der Waals surface area contributed by atoms with Gasteiger partial charge >= 0.3 is 0 Å². The van der Waals surface area contributed by atoms with Gasteiger partial charge in [0.15, 0.2) is 0 Å². The van der Waals surface area contributed by atoms with E-state index in [2.05, 4.69) is 41.7 Å². The van der Waals surface area contributed by atoms with Gasteiger partial charge in [0.25, 0.3) is 47.3 Å². The topological polar surface area (TPSA) is 464 Å². The van der Waals surface area contributed by atoms with E-state index in [0.29, 0.717) is 22.3 Å². The molecule has 16 rings (SSSR count). The molecular formula is C96H98F10N20O8. The van der Waals surface area contributed by atoms with Crippen molar-refractivity contribution in [1.29, 1.82) is 0 Å². The number of rotatable bonds is 24. The highest BCUT2D eigenvalue weighted by atomic mass is 19.2. The summed E-state index contributed by atoms with van der Waals surface area (Å²) in [6.45, 7) is 5.61. The Labute approximate surface area is 761 Å². The lowest BCUT2D eigenvalue weighted by Crippen LogP contribution is -2.25. The van der Waals surface area contributed by atoms with E-state index in [1.807, 2.05) is 6.07 Å². The number of nitrogen functional groups attached to an aromatic ring is 4. The van der Waals surface area contributed by atoms with Crippen LogP contribution in [-0.4, -0.2) is 86.4 Å². The average Bonchev–Trinajstić information content (AvgIpc) is 1.63. The lowest BCUT2D eigenvalue weighted by Gasteiger charge is -2.11. The summed E-state index contributed by atoms with van der Waals surface area (Å²) in [6, 6.07) is 29.5. The number of aromatic nitrogens is 8. The van der Waals surface area contributed by atoms with Crippen molar-refractivity contribution in [3.8, 4) is 45.0 Å². The van der Waals surface area contributed by atoms with Crippen molar-refractivity contribution in [2.45, 2.75) is 181 Å². The normalized spacial score (nSPS) is 13.9. The molecule has 0 bridgehead atoms. The summed E-state index contributed by atoms with van der Waals surface area (Å²) >= 11 is 0. The highest BCUT2D eigenvalue weighted by molar-refractivity contribution is 6.06. The maximum absolute atomic E-state index is 15.1. The minimum atomic E-state index is -0.948. The minimum Gasteiger partial charge on any atom is -0.383 e. The van der Waals surface area contributed by atoms with Crippen LogP contribution in [0.25, 0.3) is 45.0 Å². The monoisotopic (exact) mass is 1850 g/mol. The second-order valence-corrected chi connectivity index (χ2v) is 33.4. The molecule has 20 N–H and O–H groups in total. The van der Waals surface area contributed by atoms with Gasteiger partial charge in [-0.2, -0.15) is 20.4 Å². The van der Waals surface area contributed by atoms with Crippen LogP contribution in [0.1, 0.15) is 254 Å². The molecule has 4 fully saturated rings. The third-order valence-corrected chi connectivity index (χ3v) is 24.4. The second kappa shape index (κ2) is 41.5. The summed E-state index contributed by atoms with van der Waals surface area (Å²) < 4.78 is 153. The zero-order valence-electron chi connectivity index (χ0n) is 73.4. The number of primary amides is 4. The molecule has 0 radical (unpaired) electrons. The van der Waals surface area contributed by atoms with Crippen LogP contribution in [0, 0.1) is 85.9 Å². The number of hydrogen-bond acceptors (Lipinski definition) is 16. The van der Waals surface area contributed by atoms with E-state index in [0.717, 1.165) is 175 Å². The van der Waals surface area contributed by atoms with Gasteiger partial charge in [0, 0.05) is 81.8 Å². The molecule has 0 unspecified atom stereocenters. The minimum absolute atomic E-state index is 0.000621. The van der Waals surface area contributed by atoms with Gasteiger partial charge in [0.2, 0.25) is 0 Å². The Morgan fingerprint density at radius 2 is 0.619 bits per heavy atom. The molecule has 12 aromatic rings. The number of nitrogens with one attached hydrogen (secondary N) is 4. The maximum atomic E-state index is 15.1. The highest BCUT2D eigenvalue weighted by Gasteiger charge is 2.36. The number of nitrogens with two attached hydrogens (primary N) is 8. The fraction of sp³-hybridized carbons (Fsp3) is 0.292. The molecular weight excluding hydrogens is 1750 g/mol. The molecule has 4 saturated carbocycles. The molecule has 700 valence electrons. The van der Waals surface area contributed by atoms with Crippen molar-refractivity contribution in [1.82, 2.24) is 60.4 Å². The Kier molecular flexibility index (Phi) is 29.9. The van der Waals surface area contributed by atoms with Crippen molar-refractivity contribution < 1.29 is 82.3 Å². The summed E-state index contributed by atoms with van der Waals surface area (Å²) in [5.74, 6) is -13.7. The molecule has 8 amide bonds. The Bertz CT molecular complexity index is 6510. The average molecular weight is 1850 g/mol. The van der Waals surface area contributed by atoms with Crippen LogP contribution in [-0.2, 0) is 26.2 Å². The van der Waals surface area contributed by atoms with Crippen molar-refractivity contribution >= 4 is 70.5 Å². The molecule has 4 heterocycles. The molecule has 0 atom stereocenters. The van der Waals surface area contributed by atoms with E-state index in [-0.39, 0.29) is 163 Å². The quantitative estimate of drug-likeness (QED) is 0.0250. The van der Waals surface area contributed by atoms with Gasteiger partial charge < -0.3 is 67.1 Å². The number of nitrogens with zero attached hydrogens (tertiary/aromatic N) is 8. The number of halogens is 10. The summed E-state index contributed by atoms with van der Waals surface area (Å²) in [7, 11) is 0. The third-order valence-electron chi connectivity index (χ3n) is 24.4. The first-order valence-corrected chi connectivity index (χ1v) is 43.3. The van der Waals surface area contributed by atoms with E-state index in [9.17, 15) is 69.1 Å². The fourth-order valence-corrected chi connectivity index (χ4v) is 17.3. The molecule has 28 nitrogen and oxygen atoms in total. The largest absolute Gasteiger partial charge is 0.383 e. The van der Waals surface area contributed by atoms with Gasteiger partial charge in [-0.05, 0) is 192 Å². The van der Waals surface area contributed by atoms with E-state index >= 15 is 13.2 Å². The number of carbonyl (C=O) groups excluding carboxylic acids is 8. The van der Waals surface area contributed by atoms with Gasteiger partial charge in [-0.25, -0.2) is 62.6 Å². The smallest absolute Gasteiger partial charge is 0.254 e. The van der Waals surface area contributed by atoms with Gasteiger partial charge in [0.1, 0.15) is 126 Å². The predicted octanol–water partition coefficient (Wildman–Crippen LogP) is 15.7. The summed E-state index contributed by atoms with van der Waals surface area (Å²) in [4.78, 5) is 97.9. The summed E-state index contributed by atoms with van der Waals surface area (Å²) in [6.07, 6.45) is 14.5. The van der Waals surface area contributed by atoms with Crippen LogP contribution in [0.4, 0.5) is 67.2 Å². The zero-order chi connectivity index (χ0) is 96.5. The fourth-order valence-electron chi connectivity index (χ4n) is 17.3. The molecule has 0 aliphatic heterocycles. The van der Waals surface area contributed by atoms with Crippen LogP contribution >= 0.6 is 0 Å². The first-order chi connectivity index (χ1) is 63.9. The Hall–Kier alpha value is -15.1. The summed E-state index contributed by atoms with van der Waals surface area (Å²) in [5.41, 5.74) is 48.0. The van der Waals surface area contributed by atoms with Crippen molar-refractivity contribution in [3.63, 3.8) is 0 Å². The van der Waals surface area contributed by atoms with E-state index in [1.165, 1.54) is 43.0 Å². The SMILES string of the molecule is Cc1ccc(F)cc1C(=O)NCc1c(F)cc(-c2nn(C3CCCC3)c(N)c2C(N)=O)cc1F.Cc1ccc(F)cc1C(=O)NCc1cc(F)c(-c2nn(C3CCCC3)c(N)c2C(N)=O)cc1F.Cc1ccccc1C(=O)NCc1c(F)cc(-c2nn(C3CCCC3)c(N)c2C(N)=O)cc1F.Cc1ccccc1C(=O)NCc1cc(F)c(-c2nn(C3CCCC3)c(N)c2C(N)=O)c(F)c1. The number of hydrogen-bond donors (Lipinski definition) is 12. The first kappa shape index (κ1) is 96.4. The Balaban J connectivity index is 0.000000152. The van der Waals surface area contributed by atoms with Gasteiger partial charge in [-0.3, -0.25) is 38.4 Å². The molecule has 4 aliphatic carbocycles. The number of benzene rings is 8. The van der Waals surface area contributed by atoms with E-state index < -0.39 is 117 Å². The standard InChI is InChI=1S/2C24H24F3N5O2.2C24H25F2N5O2/c1-12-6-7-14(25)9-16(12)24(34)30-11-13-8-19(27)17(10-18(13)26)21-20(23(29)33)22(28)32(31-21)15-4-2-3-5-15;1-12-6-7-14(25)10-16(12)24(34)30-11-17-18(26)8-13(9-19(17)27)21-20(23(29)33)22(28)32(31-21)15-4-2-3-5-15;1-13-6-2-5-9-16(13)24(33)29-12-17-18(25)10-14(11-19(17)26)21-20(23(28)32)22(27)31(30-21)15-7-3-4-8-15;1-13-6-2-5-9-16(13)24(33)29-12-14-10-17(25)19(18(26)11-14)21-20(23(28)32)22(27)31(30-21)15-7-3-4-8-15/h2*6-10,15H,2-5,11,28H2,1H3,(H2,29,33)(H,30,34);2*2,5-6,9-11,15H,3-4,7-8,12,27H2,1H3,(H2,28,32)(H,29,33). The number of aryl methyl sites for hydroxylation is 4. The van der Waals surface area contributed by atoms with Crippen molar-refractivity contribution in [2.75, 3.05) is 22.9 Å². The lowest BCUT2D eigenvalue weighted by molar-refractivity contribution is 0.0941. The second-order valence-electron chi connectivity index (χ2n) is 33.4. The molecule has 38 heteroatoms. The molecule has 0 saturated heterocycles. The summed E-state index contributed by atoms with van der Waals surface area (Å²) in [5, 5.41) is 27.5. The predicted molar refractivity (Wildman–Crippen MR) is 481 cm³/mol. The van der Waals surface area contributed by atoms with Gasteiger partial charge in [-0.15, -0.1) is 0 Å². The van der Waals surface area contributed by atoms with Gasteiger partial charge in [0.05, 0.1) is 29.7 Å². The van der Waals surface area contributed by atoms with Crippen molar-refractivity contribution in [3.05, 3.63) is 281 Å². The van der Waals surface area contributed by atoms with Crippen LogP contribution < -0.4 is 67.1 Å². The number of amides is 8. The number of carbonyl (C=O) groups is 8. The number of anilines is 4. The molecule has 4 aliphatic rings. The van der Waals surface area contributed by atoms with Gasteiger partial charge in [-0.1, -0.05) is 99.9 Å². The molecule has 8 aromatic carbocycles. The Morgan fingerprint density at radius 3 is 0.970 bits per heavy atom. The third kappa shape index (κ3) is 21.1.